The molecule has 1 fully saturated rings. The highest BCUT2D eigenvalue weighted by Gasteiger charge is 2.29. The SMILES string of the molecule is CSC1COC(C#C/C=C/c2ccc(C(F)(F)F)cc2)OC1. The van der Waals surface area contributed by atoms with Crippen molar-refractivity contribution in [2.45, 2.75) is 17.7 Å². The van der Waals surface area contributed by atoms with E-state index in [0.717, 1.165) is 12.1 Å². The molecule has 0 bridgehead atoms. The van der Waals surface area contributed by atoms with Gasteiger partial charge in [0.25, 0.3) is 0 Å². The summed E-state index contributed by atoms with van der Waals surface area (Å²) in [6.45, 7) is 1.20. The lowest BCUT2D eigenvalue weighted by molar-refractivity contribution is -0.140. The van der Waals surface area contributed by atoms with Gasteiger partial charge in [-0.25, -0.2) is 0 Å². The molecular weight excluding hydrogens is 313 g/mol. The fraction of sp³-hybridized carbons (Fsp3) is 0.375. The molecule has 1 aromatic carbocycles. The first-order valence-electron chi connectivity index (χ1n) is 6.60. The second-order valence-electron chi connectivity index (χ2n) is 4.60. The van der Waals surface area contributed by atoms with Crippen LogP contribution in [-0.2, 0) is 15.7 Å². The molecule has 0 spiro atoms. The normalized spacial score (nSPS) is 22.4. The molecule has 6 heteroatoms. The van der Waals surface area contributed by atoms with Crippen molar-refractivity contribution < 1.29 is 22.6 Å². The Bertz CT molecular complexity index is 562. The average Bonchev–Trinajstić information content (AvgIpc) is 2.52. The minimum atomic E-state index is -4.31. The second-order valence-corrected chi connectivity index (χ2v) is 5.74. The maximum Gasteiger partial charge on any atom is 0.416 e. The molecular formula is C16H15F3O2S. The minimum absolute atomic E-state index is 0.334. The summed E-state index contributed by atoms with van der Waals surface area (Å²) in [5, 5.41) is 0.334. The van der Waals surface area contributed by atoms with E-state index in [2.05, 4.69) is 11.8 Å². The zero-order valence-electron chi connectivity index (χ0n) is 11.9. The van der Waals surface area contributed by atoms with Crippen LogP contribution in [-0.4, -0.2) is 31.0 Å². The average molecular weight is 328 g/mol. The largest absolute Gasteiger partial charge is 0.416 e. The first kappa shape index (κ1) is 16.9. The van der Waals surface area contributed by atoms with Crippen molar-refractivity contribution in [3.05, 3.63) is 41.5 Å². The fourth-order valence-electron chi connectivity index (χ4n) is 1.74. The molecule has 0 saturated carbocycles. The van der Waals surface area contributed by atoms with E-state index in [9.17, 15) is 13.2 Å². The Labute approximate surface area is 131 Å². The van der Waals surface area contributed by atoms with E-state index in [1.165, 1.54) is 12.1 Å². The van der Waals surface area contributed by atoms with E-state index in [-0.39, 0.29) is 0 Å². The highest BCUT2D eigenvalue weighted by molar-refractivity contribution is 7.99. The van der Waals surface area contributed by atoms with Gasteiger partial charge in [-0.2, -0.15) is 24.9 Å². The summed E-state index contributed by atoms with van der Waals surface area (Å²) >= 11 is 1.68. The molecule has 2 rings (SSSR count). The summed E-state index contributed by atoms with van der Waals surface area (Å²) in [6, 6.07) is 4.89. The topological polar surface area (TPSA) is 18.5 Å². The maximum atomic E-state index is 12.4. The fourth-order valence-corrected chi connectivity index (χ4v) is 2.17. The Kier molecular flexibility index (Phi) is 5.95. The number of hydrogen-bond donors (Lipinski definition) is 0. The molecule has 1 aromatic rings. The number of halogens is 3. The van der Waals surface area contributed by atoms with E-state index in [1.54, 1.807) is 23.9 Å². The molecule has 1 heterocycles. The van der Waals surface area contributed by atoms with Crippen molar-refractivity contribution in [3.63, 3.8) is 0 Å². The monoisotopic (exact) mass is 328 g/mol. The van der Waals surface area contributed by atoms with Crippen LogP contribution in [0.15, 0.2) is 30.3 Å². The quantitative estimate of drug-likeness (QED) is 0.769. The number of allylic oxidation sites excluding steroid dienone is 1. The predicted molar refractivity (Wildman–Crippen MR) is 81.2 cm³/mol. The summed E-state index contributed by atoms with van der Waals surface area (Å²) in [6.07, 6.45) is 0.347. The van der Waals surface area contributed by atoms with Crippen molar-refractivity contribution >= 4 is 17.8 Å². The number of ether oxygens (including phenoxy) is 2. The van der Waals surface area contributed by atoms with E-state index >= 15 is 0 Å². The summed E-state index contributed by atoms with van der Waals surface area (Å²) in [5.41, 5.74) is -0.0154. The third-order valence-electron chi connectivity index (χ3n) is 3.00. The van der Waals surface area contributed by atoms with Crippen molar-refractivity contribution in [1.29, 1.82) is 0 Å². The zero-order chi connectivity index (χ0) is 16.0. The van der Waals surface area contributed by atoms with Crippen LogP contribution in [0.1, 0.15) is 11.1 Å². The number of benzene rings is 1. The number of alkyl halides is 3. The Balaban J connectivity index is 1.87. The van der Waals surface area contributed by atoms with Crippen LogP contribution in [0, 0.1) is 11.8 Å². The van der Waals surface area contributed by atoms with E-state index in [4.69, 9.17) is 9.47 Å². The third-order valence-corrected chi connectivity index (χ3v) is 3.94. The molecule has 0 unspecified atom stereocenters. The summed E-state index contributed by atoms with van der Waals surface area (Å²) in [7, 11) is 0. The van der Waals surface area contributed by atoms with Crippen LogP contribution in [0.2, 0.25) is 0 Å². The Morgan fingerprint density at radius 2 is 1.82 bits per heavy atom. The van der Waals surface area contributed by atoms with E-state index < -0.39 is 18.0 Å². The molecule has 1 aliphatic rings. The molecule has 0 radical (unpaired) electrons. The third kappa shape index (κ3) is 5.09. The van der Waals surface area contributed by atoms with Crippen LogP contribution < -0.4 is 0 Å². The van der Waals surface area contributed by atoms with Gasteiger partial charge in [-0.3, -0.25) is 0 Å². The van der Waals surface area contributed by atoms with E-state index in [1.807, 2.05) is 6.26 Å². The van der Waals surface area contributed by atoms with Crippen molar-refractivity contribution in [2.75, 3.05) is 19.5 Å². The highest BCUT2D eigenvalue weighted by Crippen LogP contribution is 2.29. The van der Waals surface area contributed by atoms with Gasteiger partial charge >= 0.3 is 6.18 Å². The van der Waals surface area contributed by atoms with Crippen LogP contribution in [0.5, 0.6) is 0 Å². The lowest BCUT2D eigenvalue weighted by atomic mass is 10.1. The van der Waals surface area contributed by atoms with Crippen molar-refractivity contribution in [1.82, 2.24) is 0 Å². The molecule has 22 heavy (non-hydrogen) atoms. The highest BCUT2D eigenvalue weighted by atomic mass is 32.2. The van der Waals surface area contributed by atoms with Crippen molar-refractivity contribution in [3.8, 4) is 11.8 Å². The molecule has 0 N–H and O–H groups in total. The second kappa shape index (κ2) is 7.73. The van der Waals surface area contributed by atoms with Crippen LogP contribution in [0.3, 0.4) is 0 Å². The van der Waals surface area contributed by atoms with Crippen LogP contribution >= 0.6 is 11.8 Å². The first-order chi connectivity index (χ1) is 10.5. The zero-order valence-corrected chi connectivity index (χ0v) is 12.7. The molecule has 1 saturated heterocycles. The van der Waals surface area contributed by atoms with Gasteiger partial charge in [0.2, 0.25) is 6.29 Å². The van der Waals surface area contributed by atoms with Gasteiger partial charge in [0.05, 0.1) is 24.0 Å². The molecule has 1 aliphatic heterocycles. The van der Waals surface area contributed by atoms with Gasteiger partial charge in [0.1, 0.15) is 0 Å². The number of hydrogen-bond acceptors (Lipinski definition) is 3. The van der Waals surface area contributed by atoms with Gasteiger partial charge in [0.15, 0.2) is 0 Å². The van der Waals surface area contributed by atoms with Gasteiger partial charge in [-0.05, 0) is 42.0 Å². The number of thioether (sulfide) groups is 1. The van der Waals surface area contributed by atoms with Crippen molar-refractivity contribution in [2.24, 2.45) is 0 Å². The van der Waals surface area contributed by atoms with Gasteiger partial charge < -0.3 is 9.47 Å². The minimum Gasteiger partial charge on any atom is -0.341 e. The van der Waals surface area contributed by atoms with Gasteiger partial charge in [-0.1, -0.05) is 18.1 Å². The van der Waals surface area contributed by atoms with Crippen LogP contribution in [0.25, 0.3) is 6.08 Å². The van der Waals surface area contributed by atoms with Gasteiger partial charge in [0, 0.05) is 0 Å². The smallest absolute Gasteiger partial charge is 0.341 e. The lowest BCUT2D eigenvalue weighted by Gasteiger charge is -2.24. The lowest BCUT2D eigenvalue weighted by Crippen LogP contribution is -2.32. The Hall–Kier alpha value is -1.42. The standard InChI is InChI=1S/C16H15F3O2S/c1-22-14-10-20-15(21-11-14)5-3-2-4-12-6-8-13(9-7-12)16(17,18)19/h2,4,6-9,14-15H,10-11H2,1H3/b4-2+. The maximum absolute atomic E-state index is 12.4. The molecule has 0 atom stereocenters. The predicted octanol–water partition coefficient (Wildman–Crippen LogP) is 3.83. The molecule has 0 aromatic heterocycles. The molecule has 118 valence electrons. The molecule has 2 nitrogen and oxygen atoms in total. The summed E-state index contributed by atoms with van der Waals surface area (Å²) in [4.78, 5) is 0. The molecule has 0 amide bonds. The Morgan fingerprint density at radius 1 is 1.18 bits per heavy atom. The number of rotatable bonds is 2. The van der Waals surface area contributed by atoms with E-state index in [0.29, 0.717) is 24.0 Å². The summed E-state index contributed by atoms with van der Waals surface area (Å²) in [5.74, 6) is 5.57. The van der Waals surface area contributed by atoms with Gasteiger partial charge in [-0.15, -0.1) is 0 Å². The molecule has 0 aliphatic carbocycles. The summed E-state index contributed by atoms with van der Waals surface area (Å²) < 4.78 is 48.1. The Morgan fingerprint density at radius 3 is 2.36 bits per heavy atom. The van der Waals surface area contributed by atoms with Crippen LogP contribution in [0.4, 0.5) is 13.2 Å². The first-order valence-corrected chi connectivity index (χ1v) is 7.88.